The van der Waals surface area contributed by atoms with Gasteiger partial charge in [-0.1, -0.05) is 18.2 Å². The number of hydrazone groups is 1. The Labute approximate surface area is 119 Å². The number of hydrogen-bond acceptors (Lipinski definition) is 8. The number of carboxylic acid groups (broad SMARTS) is 1. The highest BCUT2D eigenvalue weighted by atomic mass is 16.7. The van der Waals surface area contributed by atoms with Crippen LogP contribution in [0.1, 0.15) is 24.2 Å². The predicted octanol–water partition coefficient (Wildman–Crippen LogP) is -0.346. The maximum absolute atomic E-state index is 11.6. The average Bonchev–Trinajstić information content (AvgIpc) is 2.36. The fourth-order valence-corrected chi connectivity index (χ4v) is 1.61. The average molecular weight is 291 g/mol. The molecule has 1 fully saturated rings. The standard InChI is InChI=1S/C13H12N2O6/c1-13(2)20-11(18)9(12(19)21-13)15-14-8-6-4-3-5-7(8)10(16)17/h3-6,14H,1-2H3,(H,16,17)/p-1. The first kappa shape index (κ1) is 14.5. The number of anilines is 1. The number of nitrogens with zero attached hydrogens (tertiary/aromatic N) is 1. The molecule has 8 nitrogen and oxygen atoms in total. The van der Waals surface area contributed by atoms with Crippen LogP contribution in [0.25, 0.3) is 0 Å². The molecule has 0 amide bonds. The molecule has 0 radical (unpaired) electrons. The summed E-state index contributed by atoms with van der Waals surface area (Å²) in [6.45, 7) is 2.80. The Morgan fingerprint density at radius 3 is 2.33 bits per heavy atom. The topological polar surface area (TPSA) is 117 Å². The number of hydrogen-bond donors (Lipinski definition) is 1. The van der Waals surface area contributed by atoms with E-state index in [9.17, 15) is 19.5 Å². The van der Waals surface area contributed by atoms with Gasteiger partial charge in [0.2, 0.25) is 0 Å². The van der Waals surface area contributed by atoms with Crippen molar-refractivity contribution < 1.29 is 29.0 Å². The van der Waals surface area contributed by atoms with Crippen LogP contribution in [0, 0.1) is 0 Å². The van der Waals surface area contributed by atoms with Crippen molar-refractivity contribution in [2.24, 2.45) is 5.10 Å². The molecule has 0 aromatic heterocycles. The predicted molar refractivity (Wildman–Crippen MR) is 68.1 cm³/mol. The first-order chi connectivity index (χ1) is 9.80. The lowest BCUT2D eigenvalue weighted by Gasteiger charge is -2.28. The number of aromatic carboxylic acids is 1. The minimum absolute atomic E-state index is 0.0652. The monoisotopic (exact) mass is 291 g/mol. The Hall–Kier alpha value is -2.90. The highest BCUT2D eigenvalue weighted by Gasteiger charge is 2.40. The van der Waals surface area contributed by atoms with Crippen molar-refractivity contribution in [2.75, 3.05) is 5.43 Å². The van der Waals surface area contributed by atoms with Gasteiger partial charge in [0, 0.05) is 19.4 Å². The van der Waals surface area contributed by atoms with E-state index in [1.165, 1.54) is 32.0 Å². The fourth-order valence-electron chi connectivity index (χ4n) is 1.61. The molecular formula is C13H11N2O6-. The normalized spacial score (nSPS) is 16.8. The smallest absolute Gasteiger partial charge is 0.369 e. The third-order valence-corrected chi connectivity index (χ3v) is 2.50. The van der Waals surface area contributed by atoms with E-state index >= 15 is 0 Å². The SMILES string of the molecule is CC1(C)OC(=O)C(=NNc2ccccc2C(=O)[O-])C(=O)O1. The quantitative estimate of drug-likeness (QED) is 0.597. The van der Waals surface area contributed by atoms with Crippen LogP contribution in [0.3, 0.4) is 0 Å². The maximum atomic E-state index is 11.6. The first-order valence-corrected chi connectivity index (χ1v) is 5.91. The minimum atomic E-state index is -1.42. The molecule has 0 bridgehead atoms. The number of esters is 2. The molecule has 1 aliphatic rings. The summed E-state index contributed by atoms with van der Waals surface area (Å²) in [5.74, 6) is -4.71. The van der Waals surface area contributed by atoms with Crippen molar-refractivity contribution in [1.82, 2.24) is 0 Å². The van der Waals surface area contributed by atoms with E-state index < -0.39 is 29.4 Å². The Kier molecular flexibility index (Phi) is 3.62. The van der Waals surface area contributed by atoms with Crippen LogP contribution in [0.2, 0.25) is 0 Å². The molecule has 2 rings (SSSR count). The van der Waals surface area contributed by atoms with Crippen LogP contribution in [0.4, 0.5) is 5.69 Å². The van der Waals surface area contributed by atoms with Gasteiger partial charge in [0.15, 0.2) is 0 Å². The fraction of sp³-hybridized carbons (Fsp3) is 0.231. The second-order valence-electron chi connectivity index (χ2n) is 4.58. The van der Waals surface area contributed by atoms with Crippen LogP contribution >= 0.6 is 0 Å². The zero-order valence-electron chi connectivity index (χ0n) is 11.2. The van der Waals surface area contributed by atoms with Gasteiger partial charge in [-0.15, -0.1) is 0 Å². The number of ether oxygens (including phenoxy) is 2. The van der Waals surface area contributed by atoms with Gasteiger partial charge in [-0.2, -0.15) is 5.10 Å². The number of para-hydroxylation sites is 1. The molecule has 21 heavy (non-hydrogen) atoms. The van der Waals surface area contributed by atoms with E-state index in [0.29, 0.717) is 0 Å². The van der Waals surface area contributed by atoms with Gasteiger partial charge in [0.25, 0.3) is 11.5 Å². The molecule has 0 unspecified atom stereocenters. The van der Waals surface area contributed by atoms with Crippen LogP contribution in [-0.2, 0) is 19.1 Å². The minimum Gasteiger partial charge on any atom is -0.545 e. The largest absolute Gasteiger partial charge is 0.545 e. The van der Waals surface area contributed by atoms with E-state index in [-0.39, 0.29) is 11.3 Å². The summed E-state index contributed by atoms with van der Waals surface area (Å²) >= 11 is 0. The van der Waals surface area contributed by atoms with Gasteiger partial charge >= 0.3 is 11.9 Å². The summed E-state index contributed by atoms with van der Waals surface area (Å²) in [6.07, 6.45) is 0. The third-order valence-electron chi connectivity index (χ3n) is 2.50. The van der Waals surface area contributed by atoms with Crippen molar-refractivity contribution in [2.45, 2.75) is 19.6 Å². The Morgan fingerprint density at radius 1 is 1.19 bits per heavy atom. The zero-order valence-corrected chi connectivity index (χ0v) is 11.2. The summed E-state index contributed by atoms with van der Waals surface area (Å²) in [4.78, 5) is 34.2. The summed E-state index contributed by atoms with van der Waals surface area (Å²) in [5, 5.41) is 14.5. The molecule has 1 N–H and O–H groups in total. The zero-order chi connectivity index (χ0) is 15.6. The molecule has 0 spiro atoms. The first-order valence-electron chi connectivity index (χ1n) is 5.91. The maximum Gasteiger partial charge on any atom is 0.369 e. The van der Waals surface area contributed by atoms with Crippen LogP contribution in [0.15, 0.2) is 29.4 Å². The van der Waals surface area contributed by atoms with Crippen LogP contribution in [0.5, 0.6) is 0 Å². The van der Waals surface area contributed by atoms with E-state index in [1.807, 2.05) is 0 Å². The molecule has 1 saturated heterocycles. The number of benzene rings is 1. The van der Waals surface area contributed by atoms with Gasteiger partial charge in [-0.3, -0.25) is 5.43 Å². The number of rotatable bonds is 3. The van der Waals surface area contributed by atoms with Gasteiger partial charge in [0.05, 0.1) is 11.7 Å². The van der Waals surface area contributed by atoms with Crippen molar-refractivity contribution in [1.29, 1.82) is 0 Å². The van der Waals surface area contributed by atoms with Crippen molar-refractivity contribution in [3.8, 4) is 0 Å². The van der Waals surface area contributed by atoms with Gasteiger partial charge in [0.1, 0.15) is 0 Å². The summed E-state index contributed by atoms with van der Waals surface area (Å²) in [7, 11) is 0. The number of carbonyl (C=O) groups is 3. The second-order valence-corrected chi connectivity index (χ2v) is 4.58. The molecule has 1 heterocycles. The molecule has 0 aliphatic carbocycles. The Balaban J connectivity index is 2.24. The molecule has 1 aromatic rings. The summed E-state index contributed by atoms with van der Waals surface area (Å²) in [5.41, 5.74) is 1.61. The van der Waals surface area contributed by atoms with E-state index in [0.717, 1.165) is 0 Å². The molecule has 1 aliphatic heterocycles. The van der Waals surface area contributed by atoms with Crippen molar-refractivity contribution in [3.05, 3.63) is 29.8 Å². The third kappa shape index (κ3) is 3.16. The van der Waals surface area contributed by atoms with E-state index in [2.05, 4.69) is 10.5 Å². The molecule has 110 valence electrons. The molecule has 1 aromatic carbocycles. The van der Waals surface area contributed by atoms with Crippen LogP contribution in [-0.4, -0.2) is 29.4 Å². The number of carbonyl (C=O) groups excluding carboxylic acids is 3. The van der Waals surface area contributed by atoms with Crippen LogP contribution < -0.4 is 10.5 Å². The van der Waals surface area contributed by atoms with Gasteiger partial charge in [-0.25, -0.2) is 9.59 Å². The highest BCUT2D eigenvalue weighted by Crippen LogP contribution is 2.19. The molecular weight excluding hydrogens is 280 g/mol. The lowest BCUT2D eigenvalue weighted by Crippen LogP contribution is -2.47. The molecule has 0 atom stereocenters. The number of nitrogens with one attached hydrogen (secondary N) is 1. The van der Waals surface area contributed by atoms with Gasteiger partial charge < -0.3 is 19.4 Å². The molecule has 8 heteroatoms. The second kappa shape index (κ2) is 5.23. The number of cyclic esters (lactones) is 2. The molecule has 0 saturated carbocycles. The van der Waals surface area contributed by atoms with E-state index in [4.69, 9.17) is 9.47 Å². The highest BCUT2D eigenvalue weighted by molar-refractivity contribution is 6.63. The summed E-state index contributed by atoms with van der Waals surface area (Å²) < 4.78 is 9.68. The number of carboxylic acids is 1. The lowest BCUT2D eigenvalue weighted by molar-refractivity contribution is -0.255. The summed E-state index contributed by atoms with van der Waals surface area (Å²) in [6, 6.07) is 5.74. The van der Waals surface area contributed by atoms with E-state index in [1.54, 1.807) is 6.07 Å². The Morgan fingerprint density at radius 2 is 1.76 bits per heavy atom. The lowest BCUT2D eigenvalue weighted by atomic mass is 10.2. The van der Waals surface area contributed by atoms with Gasteiger partial charge in [-0.05, 0) is 6.07 Å². The Bertz CT molecular complexity index is 628. The van der Waals surface area contributed by atoms with Crippen molar-refractivity contribution >= 4 is 29.3 Å². The van der Waals surface area contributed by atoms with Crippen molar-refractivity contribution in [3.63, 3.8) is 0 Å².